The molecule has 3 unspecified atom stereocenters. The highest BCUT2D eigenvalue weighted by Gasteiger charge is 2.61. The first-order valence-electron chi connectivity index (χ1n) is 11.0. The average Bonchev–Trinajstić information content (AvgIpc) is 3.22. The Balaban J connectivity index is 1.43. The van der Waals surface area contributed by atoms with Gasteiger partial charge in [0.25, 0.3) is 0 Å². The highest BCUT2D eigenvalue weighted by molar-refractivity contribution is 5.18. The second kappa shape index (κ2) is 5.59. The highest BCUT2D eigenvalue weighted by Crippen LogP contribution is 2.69. The summed E-state index contributed by atoms with van der Waals surface area (Å²) in [5.41, 5.74) is 1.63. The summed E-state index contributed by atoms with van der Waals surface area (Å²) in [5, 5.41) is 15.0. The zero-order valence-electron chi connectivity index (χ0n) is 16.7. The van der Waals surface area contributed by atoms with Gasteiger partial charge in [0.05, 0.1) is 11.3 Å². The van der Waals surface area contributed by atoms with E-state index in [1.807, 2.05) is 0 Å². The Morgan fingerprint density at radius 1 is 0.962 bits per heavy atom. The van der Waals surface area contributed by atoms with Gasteiger partial charge in [-0.15, -0.1) is 0 Å². The van der Waals surface area contributed by atoms with E-state index in [2.05, 4.69) is 32.0 Å². The number of nitrogens with zero attached hydrogens (tertiary/aromatic N) is 1. The van der Waals surface area contributed by atoms with Crippen LogP contribution in [0.4, 0.5) is 0 Å². The van der Waals surface area contributed by atoms with Crippen molar-refractivity contribution in [1.82, 2.24) is 5.16 Å². The van der Waals surface area contributed by atoms with Gasteiger partial charge in [-0.2, -0.15) is 0 Å². The molecule has 3 nitrogen and oxygen atoms in total. The van der Waals surface area contributed by atoms with Crippen LogP contribution in [-0.4, -0.2) is 15.9 Å². The topological polar surface area (TPSA) is 46.3 Å². The third-order valence-electron chi connectivity index (χ3n) is 9.77. The molecular formula is C23H35NO2. The summed E-state index contributed by atoms with van der Waals surface area (Å²) in [6, 6.07) is 2.10. The van der Waals surface area contributed by atoms with E-state index in [1.54, 1.807) is 6.26 Å². The third-order valence-corrected chi connectivity index (χ3v) is 9.77. The minimum Gasteiger partial charge on any atom is -0.390 e. The van der Waals surface area contributed by atoms with Crippen molar-refractivity contribution in [3.05, 3.63) is 18.0 Å². The summed E-state index contributed by atoms with van der Waals surface area (Å²) in [7, 11) is 0. The second-order valence-corrected chi connectivity index (χ2v) is 11.0. The molecule has 0 aromatic carbocycles. The van der Waals surface area contributed by atoms with Crippen molar-refractivity contribution in [3.8, 4) is 0 Å². The van der Waals surface area contributed by atoms with E-state index in [4.69, 9.17) is 4.52 Å². The van der Waals surface area contributed by atoms with Crippen molar-refractivity contribution in [3.63, 3.8) is 0 Å². The van der Waals surface area contributed by atoms with Crippen molar-refractivity contribution in [2.24, 2.45) is 34.5 Å². The normalized spacial score (nSPS) is 53.6. The van der Waals surface area contributed by atoms with Gasteiger partial charge in [0, 0.05) is 12.0 Å². The molecule has 26 heavy (non-hydrogen) atoms. The summed E-state index contributed by atoms with van der Waals surface area (Å²) in [6.45, 7) is 7.20. The van der Waals surface area contributed by atoms with Gasteiger partial charge in [-0.25, -0.2) is 0 Å². The maximum Gasteiger partial charge on any atom is 0.124 e. The number of hydrogen-bond donors (Lipinski definition) is 1. The molecule has 1 aromatic rings. The van der Waals surface area contributed by atoms with Crippen LogP contribution in [0.25, 0.3) is 0 Å². The Morgan fingerprint density at radius 2 is 1.77 bits per heavy atom. The van der Waals surface area contributed by atoms with Crippen LogP contribution in [0.2, 0.25) is 0 Å². The van der Waals surface area contributed by atoms with Crippen LogP contribution >= 0.6 is 0 Å². The number of hydrogen-bond acceptors (Lipinski definition) is 3. The molecule has 4 fully saturated rings. The molecule has 0 saturated heterocycles. The van der Waals surface area contributed by atoms with E-state index < -0.39 is 5.60 Å². The molecule has 0 bridgehead atoms. The van der Waals surface area contributed by atoms with Gasteiger partial charge in [0.15, 0.2) is 0 Å². The Bertz CT molecular complexity index is 668. The van der Waals surface area contributed by atoms with Gasteiger partial charge in [-0.05, 0) is 99.2 Å². The lowest BCUT2D eigenvalue weighted by Gasteiger charge is -2.61. The molecule has 1 N–H and O–H groups in total. The molecule has 4 aliphatic carbocycles. The minimum absolute atomic E-state index is 0.404. The quantitative estimate of drug-likeness (QED) is 0.716. The highest BCUT2D eigenvalue weighted by atomic mass is 16.5. The molecule has 0 spiro atoms. The smallest absolute Gasteiger partial charge is 0.124 e. The predicted octanol–water partition coefficient (Wildman–Crippen LogP) is 5.55. The SMILES string of the molecule is CC1(O)CC[C@@]2(C)C(CC[C@@H]3[C@H]2CC[C@]2(C)C(c4ccon4)CC[C@@H]32)C1. The molecule has 1 aromatic heterocycles. The van der Waals surface area contributed by atoms with Crippen LogP contribution in [0.3, 0.4) is 0 Å². The Kier molecular flexibility index (Phi) is 3.72. The van der Waals surface area contributed by atoms with E-state index in [9.17, 15) is 5.11 Å². The molecule has 0 amide bonds. The molecule has 4 saturated carbocycles. The number of fused-ring (bicyclic) bond motifs is 5. The lowest BCUT2D eigenvalue weighted by Crippen LogP contribution is -2.55. The summed E-state index contributed by atoms with van der Waals surface area (Å²) in [4.78, 5) is 0. The van der Waals surface area contributed by atoms with Gasteiger partial charge in [-0.1, -0.05) is 19.0 Å². The van der Waals surface area contributed by atoms with Crippen LogP contribution in [0, 0.1) is 34.5 Å². The first kappa shape index (κ1) is 17.3. The van der Waals surface area contributed by atoms with Gasteiger partial charge in [0.2, 0.25) is 0 Å². The number of aliphatic hydroxyl groups is 1. The van der Waals surface area contributed by atoms with E-state index in [1.165, 1.54) is 50.6 Å². The van der Waals surface area contributed by atoms with Crippen molar-refractivity contribution in [2.45, 2.75) is 90.1 Å². The van der Waals surface area contributed by atoms with Gasteiger partial charge < -0.3 is 9.63 Å². The predicted molar refractivity (Wildman–Crippen MR) is 102 cm³/mol. The number of aromatic nitrogens is 1. The summed E-state index contributed by atoms with van der Waals surface area (Å²) < 4.78 is 5.19. The first-order chi connectivity index (χ1) is 12.3. The molecule has 0 aliphatic heterocycles. The van der Waals surface area contributed by atoms with Gasteiger partial charge >= 0.3 is 0 Å². The summed E-state index contributed by atoms with van der Waals surface area (Å²) in [6.07, 6.45) is 13.1. The fourth-order valence-electron chi connectivity index (χ4n) is 8.32. The maximum atomic E-state index is 10.6. The zero-order valence-corrected chi connectivity index (χ0v) is 16.7. The molecule has 1 heterocycles. The number of rotatable bonds is 1. The monoisotopic (exact) mass is 357 g/mol. The molecule has 4 aliphatic rings. The van der Waals surface area contributed by atoms with Crippen LogP contribution < -0.4 is 0 Å². The van der Waals surface area contributed by atoms with Gasteiger partial charge in [-0.3, -0.25) is 0 Å². The standard InChI is InChI=1S/C23H35NO2/c1-21(25)11-12-22(2)15(14-21)4-5-16-17-6-7-19(20-9-13-26-24-20)23(17,3)10-8-18(16)22/h9,13,15-19,25H,4-8,10-12,14H2,1-3H3/t15?,16-,17-,18+,19?,21?,22-,23-/m0/s1. The van der Waals surface area contributed by atoms with Crippen LogP contribution in [0.1, 0.15) is 90.2 Å². The van der Waals surface area contributed by atoms with Crippen molar-refractivity contribution < 1.29 is 9.63 Å². The van der Waals surface area contributed by atoms with E-state index in [0.29, 0.717) is 16.7 Å². The second-order valence-electron chi connectivity index (χ2n) is 11.0. The largest absolute Gasteiger partial charge is 0.390 e. The van der Waals surface area contributed by atoms with Crippen LogP contribution in [0.5, 0.6) is 0 Å². The Hall–Kier alpha value is -0.830. The summed E-state index contributed by atoms with van der Waals surface area (Å²) in [5.74, 6) is 3.92. The minimum atomic E-state index is -0.425. The molecule has 8 atom stereocenters. The lowest BCUT2D eigenvalue weighted by atomic mass is 9.44. The van der Waals surface area contributed by atoms with E-state index >= 15 is 0 Å². The van der Waals surface area contributed by atoms with Crippen molar-refractivity contribution in [2.75, 3.05) is 0 Å². The van der Waals surface area contributed by atoms with Crippen molar-refractivity contribution >= 4 is 0 Å². The molecular weight excluding hydrogens is 322 g/mol. The van der Waals surface area contributed by atoms with E-state index in [0.717, 1.165) is 36.5 Å². The van der Waals surface area contributed by atoms with Crippen LogP contribution in [-0.2, 0) is 0 Å². The van der Waals surface area contributed by atoms with E-state index in [-0.39, 0.29) is 0 Å². The Morgan fingerprint density at radius 3 is 2.54 bits per heavy atom. The third kappa shape index (κ3) is 2.31. The Labute approximate surface area is 157 Å². The molecule has 0 radical (unpaired) electrons. The fourth-order valence-corrected chi connectivity index (χ4v) is 8.32. The molecule has 144 valence electrons. The molecule has 3 heteroatoms. The lowest BCUT2D eigenvalue weighted by molar-refractivity contribution is -0.143. The maximum absolute atomic E-state index is 10.6. The summed E-state index contributed by atoms with van der Waals surface area (Å²) >= 11 is 0. The zero-order chi connectivity index (χ0) is 18.2. The van der Waals surface area contributed by atoms with Crippen LogP contribution in [0.15, 0.2) is 16.9 Å². The first-order valence-corrected chi connectivity index (χ1v) is 11.0. The van der Waals surface area contributed by atoms with Crippen molar-refractivity contribution in [1.29, 1.82) is 0 Å². The molecule has 5 rings (SSSR count). The average molecular weight is 358 g/mol. The fraction of sp³-hybridized carbons (Fsp3) is 0.870. The van der Waals surface area contributed by atoms with Gasteiger partial charge in [0.1, 0.15) is 6.26 Å².